The Morgan fingerprint density at radius 3 is 3.00 bits per heavy atom. The first-order chi connectivity index (χ1) is 7.76. The van der Waals surface area contributed by atoms with Gasteiger partial charge in [0.25, 0.3) is 0 Å². The summed E-state index contributed by atoms with van der Waals surface area (Å²) >= 11 is 0. The van der Waals surface area contributed by atoms with Gasteiger partial charge in [-0.3, -0.25) is 0 Å². The third-order valence-corrected chi connectivity index (χ3v) is 3.23. The highest BCUT2D eigenvalue weighted by Gasteiger charge is 2.26. The van der Waals surface area contributed by atoms with Crippen molar-refractivity contribution in [3.05, 3.63) is 29.8 Å². The van der Waals surface area contributed by atoms with Crippen molar-refractivity contribution in [1.29, 1.82) is 5.26 Å². The molecule has 3 nitrogen and oxygen atoms in total. The van der Waals surface area contributed by atoms with Gasteiger partial charge in [0.1, 0.15) is 6.04 Å². The van der Waals surface area contributed by atoms with Crippen LogP contribution in [0.5, 0.6) is 0 Å². The Bertz CT molecular complexity index is 408. The number of likely N-dealkylation sites (N-methyl/N-ethyl adjacent to an activating group) is 1. The fraction of sp³-hybridized carbons (Fsp3) is 0.462. The van der Waals surface area contributed by atoms with Crippen molar-refractivity contribution in [3.8, 4) is 6.07 Å². The number of anilines is 1. The standard InChI is InChI=1S/C13H17N3/c1-10-7-11-5-3-4-6-13(11)16(10)9-12(8-14)15-2/h3-6,10,12,15H,7,9H2,1-2H3. The predicted molar refractivity (Wildman–Crippen MR) is 65.4 cm³/mol. The van der Waals surface area contributed by atoms with Crippen LogP contribution in [0, 0.1) is 11.3 Å². The van der Waals surface area contributed by atoms with Crippen molar-refractivity contribution in [2.24, 2.45) is 0 Å². The number of nitrogens with one attached hydrogen (secondary N) is 1. The molecule has 0 saturated heterocycles. The lowest BCUT2D eigenvalue weighted by Crippen LogP contribution is -2.41. The van der Waals surface area contributed by atoms with E-state index in [1.165, 1.54) is 11.3 Å². The van der Waals surface area contributed by atoms with Crippen molar-refractivity contribution < 1.29 is 0 Å². The van der Waals surface area contributed by atoms with Crippen LogP contribution < -0.4 is 10.2 Å². The van der Waals surface area contributed by atoms with Gasteiger partial charge in [0.05, 0.1) is 6.07 Å². The van der Waals surface area contributed by atoms with Crippen LogP contribution in [0.4, 0.5) is 5.69 Å². The highest BCUT2D eigenvalue weighted by molar-refractivity contribution is 5.59. The minimum Gasteiger partial charge on any atom is -0.366 e. The molecule has 3 heteroatoms. The lowest BCUT2D eigenvalue weighted by molar-refractivity contribution is 0.597. The number of hydrogen-bond donors (Lipinski definition) is 1. The predicted octanol–water partition coefficient (Wildman–Crippen LogP) is 1.55. The first-order valence-electron chi connectivity index (χ1n) is 5.67. The van der Waals surface area contributed by atoms with Gasteiger partial charge in [0, 0.05) is 18.3 Å². The number of fused-ring (bicyclic) bond motifs is 1. The largest absolute Gasteiger partial charge is 0.366 e. The third kappa shape index (κ3) is 1.89. The van der Waals surface area contributed by atoms with Crippen molar-refractivity contribution in [1.82, 2.24) is 5.32 Å². The van der Waals surface area contributed by atoms with E-state index in [4.69, 9.17) is 5.26 Å². The van der Waals surface area contributed by atoms with E-state index in [0.29, 0.717) is 6.04 Å². The molecule has 1 N–H and O–H groups in total. The maximum atomic E-state index is 8.98. The fourth-order valence-corrected chi connectivity index (χ4v) is 2.30. The van der Waals surface area contributed by atoms with Crippen LogP contribution in [0.2, 0.25) is 0 Å². The molecule has 0 aliphatic carbocycles. The second-order valence-electron chi connectivity index (χ2n) is 4.30. The molecule has 0 fully saturated rings. The van der Waals surface area contributed by atoms with Crippen LogP contribution in [0.15, 0.2) is 24.3 Å². The van der Waals surface area contributed by atoms with Crippen LogP contribution >= 0.6 is 0 Å². The normalized spacial score (nSPS) is 20.3. The summed E-state index contributed by atoms with van der Waals surface area (Å²) in [6.07, 6.45) is 1.08. The first kappa shape index (κ1) is 11.0. The van der Waals surface area contributed by atoms with E-state index in [1.54, 1.807) is 0 Å². The van der Waals surface area contributed by atoms with Gasteiger partial charge in [-0.2, -0.15) is 5.26 Å². The Morgan fingerprint density at radius 2 is 2.31 bits per heavy atom. The summed E-state index contributed by atoms with van der Waals surface area (Å²) in [7, 11) is 1.83. The summed E-state index contributed by atoms with van der Waals surface area (Å²) in [5, 5.41) is 12.0. The molecular formula is C13H17N3. The molecule has 0 bridgehead atoms. The number of nitriles is 1. The Balaban J connectivity index is 2.19. The molecule has 0 radical (unpaired) electrons. The Hall–Kier alpha value is -1.53. The van der Waals surface area contributed by atoms with Gasteiger partial charge in [-0.25, -0.2) is 0 Å². The van der Waals surface area contributed by atoms with E-state index in [1.807, 2.05) is 7.05 Å². The Kier molecular flexibility index (Phi) is 3.12. The maximum absolute atomic E-state index is 8.98. The smallest absolute Gasteiger partial charge is 0.113 e. The Labute approximate surface area is 96.7 Å². The first-order valence-corrected chi connectivity index (χ1v) is 5.67. The third-order valence-electron chi connectivity index (χ3n) is 3.23. The average molecular weight is 215 g/mol. The zero-order valence-electron chi connectivity index (χ0n) is 9.77. The second kappa shape index (κ2) is 4.54. The van der Waals surface area contributed by atoms with E-state index >= 15 is 0 Å². The van der Waals surface area contributed by atoms with Crippen molar-refractivity contribution >= 4 is 5.69 Å². The number of para-hydroxylation sites is 1. The molecular weight excluding hydrogens is 198 g/mol. The highest BCUT2D eigenvalue weighted by atomic mass is 15.2. The van der Waals surface area contributed by atoms with Crippen LogP contribution in [0.25, 0.3) is 0 Å². The topological polar surface area (TPSA) is 39.1 Å². The van der Waals surface area contributed by atoms with Gasteiger partial charge in [0.15, 0.2) is 0 Å². The van der Waals surface area contributed by atoms with E-state index in [-0.39, 0.29) is 6.04 Å². The minimum absolute atomic E-state index is 0.103. The molecule has 2 rings (SSSR count). The molecule has 0 aromatic heterocycles. The molecule has 2 unspecified atom stereocenters. The summed E-state index contributed by atoms with van der Waals surface area (Å²) in [6, 6.07) is 11.1. The lowest BCUT2D eigenvalue weighted by atomic mass is 10.1. The molecule has 0 amide bonds. The molecule has 1 aliphatic heterocycles. The number of nitrogens with zero attached hydrogens (tertiary/aromatic N) is 2. The number of hydrogen-bond acceptors (Lipinski definition) is 3. The molecule has 0 saturated carbocycles. The van der Waals surface area contributed by atoms with Crippen LogP contribution in [0.1, 0.15) is 12.5 Å². The average Bonchev–Trinajstić information content (AvgIpc) is 2.62. The lowest BCUT2D eigenvalue weighted by Gasteiger charge is -2.26. The van der Waals surface area contributed by atoms with Gasteiger partial charge in [-0.1, -0.05) is 18.2 Å². The Morgan fingerprint density at radius 1 is 1.56 bits per heavy atom. The van der Waals surface area contributed by atoms with Crippen molar-refractivity contribution in [2.75, 3.05) is 18.5 Å². The summed E-state index contributed by atoms with van der Waals surface area (Å²) in [4.78, 5) is 2.32. The monoisotopic (exact) mass is 215 g/mol. The van der Waals surface area contributed by atoms with E-state index in [2.05, 4.69) is 47.5 Å². The molecule has 0 spiro atoms. The van der Waals surface area contributed by atoms with Crippen LogP contribution in [0.3, 0.4) is 0 Å². The molecule has 16 heavy (non-hydrogen) atoms. The zero-order valence-corrected chi connectivity index (χ0v) is 9.77. The van der Waals surface area contributed by atoms with E-state index in [0.717, 1.165) is 13.0 Å². The molecule has 2 atom stereocenters. The quantitative estimate of drug-likeness (QED) is 0.831. The van der Waals surface area contributed by atoms with Gasteiger partial charge in [0.2, 0.25) is 0 Å². The van der Waals surface area contributed by atoms with Gasteiger partial charge in [-0.15, -0.1) is 0 Å². The van der Waals surface area contributed by atoms with Gasteiger partial charge in [-0.05, 0) is 32.0 Å². The van der Waals surface area contributed by atoms with Crippen LogP contribution in [-0.4, -0.2) is 25.7 Å². The molecule has 1 aliphatic rings. The molecule has 1 aromatic rings. The molecule has 1 heterocycles. The van der Waals surface area contributed by atoms with E-state index < -0.39 is 0 Å². The van der Waals surface area contributed by atoms with Gasteiger partial charge < -0.3 is 10.2 Å². The zero-order chi connectivity index (χ0) is 11.5. The van der Waals surface area contributed by atoms with Gasteiger partial charge >= 0.3 is 0 Å². The fourth-order valence-electron chi connectivity index (χ4n) is 2.30. The SMILES string of the molecule is CNC(C#N)CN1c2ccccc2CC1C. The van der Waals surface area contributed by atoms with Crippen molar-refractivity contribution in [3.63, 3.8) is 0 Å². The number of benzene rings is 1. The van der Waals surface area contributed by atoms with E-state index in [9.17, 15) is 0 Å². The minimum atomic E-state index is -0.103. The molecule has 84 valence electrons. The highest BCUT2D eigenvalue weighted by Crippen LogP contribution is 2.31. The van der Waals surface area contributed by atoms with Crippen molar-refractivity contribution in [2.45, 2.75) is 25.4 Å². The molecule has 1 aromatic carbocycles. The summed E-state index contributed by atoms with van der Waals surface area (Å²) < 4.78 is 0. The summed E-state index contributed by atoms with van der Waals surface area (Å²) in [5.74, 6) is 0. The summed E-state index contributed by atoms with van der Waals surface area (Å²) in [6.45, 7) is 2.97. The van der Waals surface area contributed by atoms with Crippen LogP contribution in [-0.2, 0) is 6.42 Å². The maximum Gasteiger partial charge on any atom is 0.113 e. The number of rotatable bonds is 3. The summed E-state index contributed by atoms with van der Waals surface area (Å²) in [5.41, 5.74) is 2.67. The second-order valence-corrected chi connectivity index (χ2v) is 4.30.